The summed E-state index contributed by atoms with van der Waals surface area (Å²) in [5, 5.41) is 9.56. The van der Waals surface area contributed by atoms with Gasteiger partial charge in [-0.3, -0.25) is 0 Å². The number of allylic oxidation sites excluding steroid dienone is 2. The molecule has 6 heteroatoms. The number of hydrogen-bond donors (Lipinski definition) is 1. The molecule has 5 nitrogen and oxygen atoms in total. The van der Waals surface area contributed by atoms with Crippen LogP contribution in [0.15, 0.2) is 77.4 Å². The maximum Gasteiger partial charge on any atom is 0.340 e. The highest BCUT2D eigenvalue weighted by Gasteiger charge is 2.36. The molecule has 2 N–H and O–H groups in total. The van der Waals surface area contributed by atoms with Gasteiger partial charge in [0, 0.05) is 0 Å². The minimum absolute atomic E-state index is 0.0151. The van der Waals surface area contributed by atoms with Gasteiger partial charge in [0.05, 0.1) is 17.6 Å². The van der Waals surface area contributed by atoms with Crippen molar-refractivity contribution in [2.24, 2.45) is 5.73 Å². The lowest BCUT2D eigenvalue weighted by Gasteiger charge is -2.26. The maximum atomic E-state index is 13.8. The molecule has 27 heavy (non-hydrogen) atoms. The Labute approximate surface area is 156 Å². The van der Waals surface area contributed by atoms with Crippen molar-refractivity contribution in [2.75, 3.05) is 0 Å². The highest BCUT2D eigenvalue weighted by Crippen LogP contribution is 2.39. The van der Waals surface area contributed by atoms with E-state index in [4.69, 9.17) is 15.2 Å². The second kappa shape index (κ2) is 7.75. The molecule has 2 aromatic carbocycles. The predicted octanol–water partition coefficient (Wildman–Crippen LogP) is 3.65. The molecule has 1 atom stereocenters. The van der Waals surface area contributed by atoms with Crippen LogP contribution in [0.5, 0.6) is 0 Å². The number of halogens is 1. The zero-order valence-electron chi connectivity index (χ0n) is 14.6. The van der Waals surface area contributed by atoms with Crippen LogP contribution in [0.2, 0.25) is 0 Å². The van der Waals surface area contributed by atoms with Crippen molar-refractivity contribution in [1.29, 1.82) is 5.26 Å². The fraction of sp³-hybridized carbons (Fsp3) is 0.143. The number of benzene rings is 2. The number of hydrogen-bond acceptors (Lipinski definition) is 5. The van der Waals surface area contributed by atoms with Crippen LogP contribution in [0.25, 0.3) is 0 Å². The Bertz CT molecular complexity index is 974. The van der Waals surface area contributed by atoms with Crippen LogP contribution in [-0.4, -0.2) is 5.97 Å². The van der Waals surface area contributed by atoms with Gasteiger partial charge in [-0.15, -0.1) is 0 Å². The van der Waals surface area contributed by atoms with E-state index in [2.05, 4.69) is 0 Å². The molecule has 2 aromatic rings. The molecular weight excluding hydrogens is 347 g/mol. The summed E-state index contributed by atoms with van der Waals surface area (Å²) >= 11 is 0. The normalized spacial score (nSPS) is 16.6. The molecule has 3 rings (SSSR count). The third kappa shape index (κ3) is 3.82. The molecule has 136 valence electrons. The van der Waals surface area contributed by atoms with Gasteiger partial charge < -0.3 is 15.2 Å². The Morgan fingerprint density at radius 1 is 1.26 bits per heavy atom. The number of nitriles is 1. The van der Waals surface area contributed by atoms with E-state index in [1.165, 1.54) is 18.2 Å². The lowest BCUT2D eigenvalue weighted by atomic mass is 9.83. The summed E-state index contributed by atoms with van der Waals surface area (Å²) in [5.74, 6) is -1.94. The van der Waals surface area contributed by atoms with Crippen LogP contribution in [-0.2, 0) is 20.9 Å². The van der Waals surface area contributed by atoms with Crippen molar-refractivity contribution >= 4 is 5.97 Å². The third-order valence-corrected chi connectivity index (χ3v) is 4.22. The zero-order chi connectivity index (χ0) is 19.4. The van der Waals surface area contributed by atoms with E-state index in [1.807, 2.05) is 36.4 Å². The smallest absolute Gasteiger partial charge is 0.340 e. The van der Waals surface area contributed by atoms with Crippen LogP contribution >= 0.6 is 0 Å². The van der Waals surface area contributed by atoms with Gasteiger partial charge in [0.25, 0.3) is 0 Å². The molecule has 0 saturated heterocycles. The van der Waals surface area contributed by atoms with Crippen LogP contribution in [0.1, 0.15) is 24.0 Å². The quantitative estimate of drug-likeness (QED) is 0.837. The van der Waals surface area contributed by atoms with Gasteiger partial charge >= 0.3 is 5.97 Å². The fourth-order valence-electron chi connectivity index (χ4n) is 2.95. The lowest BCUT2D eigenvalue weighted by Crippen LogP contribution is -2.26. The van der Waals surface area contributed by atoms with Crippen molar-refractivity contribution in [2.45, 2.75) is 19.4 Å². The molecule has 0 fully saturated rings. The molecule has 1 aliphatic heterocycles. The van der Waals surface area contributed by atoms with Crippen LogP contribution < -0.4 is 5.73 Å². The molecule has 0 aromatic heterocycles. The van der Waals surface area contributed by atoms with Crippen molar-refractivity contribution in [3.63, 3.8) is 0 Å². The molecule has 1 heterocycles. The average molecular weight is 364 g/mol. The number of carbonyl (C=O) groups excluding carboxylic acids is 1. The van der Waals surface area contributed by atoms with E-state index < -0.39 is 17.7 Å². The minimum atomic E-state index is -0.859. The highest BCUT2D eigenvalue weighted by molar-refractivity contribution is 5.92. The number of esters is 1. The number of nitrogens with zero attached hydrogens (tertiary/aromatic N) is 1. The van der Waals surface area contributed by atoms with Crippen LogP contribution in [0, 0.1) is 17.1 Å². The summed E-state index contributed by atoms with van der Waals surface area (Å²) in [6.45, 7) is 1.61. The van der Waals surface area contributed by atoms with Crippen molar-refractivity contribution in [1.82, 2.24) is 0 Å². The summed E-state index contributed by atoms with van der Waals surface area (Å²) < 4.78 is 24.5. The summed E-state index contributed by atoms with van der Waals surface area (Å²) in [6.07, 6.45) is 0. The first-order valence-electron chi connectivity index (χ1n) is 8.26. The summed E-state index contributed by atoms with van der Waals surface area (Å²) in [5.41, 5.74) is 7.33. The third-order valence-electron chi connectivity index (χ3n) is 4.22. The molecule has 1 aliphatic rings. The van der Waals surface area contributed by atoms with Gasteiger partial charge in [-0.1, -0.05) is 42.5 Å². The average Bonchev–Trinajstić information content (AvgIpc) is 2.66. The topological polar surface area (TPSA) is 85.3 Å². The summed E-state index contributed by atoms with van der Waals surface area (Å²) in [6, 6.07) is 16.9. The van der Waals surface area contributed by atoms with Crippen LogP contribution in [0.3, 0.4) is 0 Å². The van der Waals surface area contributed by atoms with Crippen molar-refractivity contribution < 1.29 is 18.7 Å². The van der Waals surface area contributed by atoms with Crippen LogP contribution in [0.4, 0.5) is 4.39 Å². The SMILES string of the molecule is CC1=C(C#N)C(c2cccc(F)c2)C(C(=O)OCc2ccccc2)=C(N)O1. The second-order valence-electron chi connectivity index (χ2n) is 6.01. The van der Waals surface area contributed by atoms with Gasteiger partial charge in [-0.25, -0.2) is 9.18 Å². The van der Waals surface area contributed by atoms with E-state index in [1.54, 1.807) is 13.0 Å². The predicted molar refractivity (Wildman–Crippen MR) is 96.0 cm³/mol. The standard InChI is InChI=1S/C21H17FN2O3/c1-13-17(11-23)18(15-8-5-9-16(22)10-15)19(20(24)27-13)21(25)26-12-14-6-3-2-4-7-14/h2-10,18H,12,24H2,1H3. The Morgan fingerprint density at radius 3 is 2.67 bits per heavy atom. The molecule has 0 aliphatic carbocycles. The first-order valence-corrected chi connectivity index (χ1v) is 8.26. The molecule has 1 unspecified atom stereocenters. The van der Waals surface area contributed by atoms with E-state index in [0.717, 1.165) is 5.56 Å². The van der Waals surface area contributed by atoms with Gasteiger partial charge in [0.2, 0.25) is 5.88 Å². The van der Waals surface area contributed by atoms with E-state index in [9.17, 15) is 14.4 Å². The first-order chi connectivity index (χ1) is 13.0. The molecule has 0 radical (unpaired) electrons. The Balaban J connectivity index is 1.96. The van der Waals surface area contributed by atoms with Crippen molar-refractivity contribution in [3.8, 4) is 6.07 Å². The number of rotatable bonds is 4. The molecule has 0 amide bonds. The maximum absolute atomic E-state index is 13.8. The van der Waals surface area contributed by atoms with Gasteiger partial charge in [-0.2, -0.15) is 5.26 Å². The molecular formula is C21H17FN2O3. The minimum Gasteiger partial charge on any atom is -0.457 e. The second-order valence-corrected chi connectivity index (χ2v) is 6.01. The largest absolute Gasteiger partial charge is 0.457 e. The number of carbonyl (C=O) groups is 1. The van der Waals surface area contributed by atoms with E-state index >= 15 is 0 Å². The van der Waals surface area contributed by atoms with Gasteiger partial charge in [0.1, 0.15) is 23.8 Å². The van der Waals surface area contributed by atoms with E-state index in [0.29, 0.717) is 5.56 Å². The molecule has 0 bridgehead atoms. The Morgan fingerprint density at radius 2 is 2.00 bits per heavy atom. The fourth-order valence-corrected chi connectivity index (χ4v) is 2.95. The zero-order valence-corrected chi connectivity index (χ0v) is 14.6. The number of ether oxygens (including phenoxy) is 2. The highest BCUT2D eigenvalue weighted by atomic mass is 19.1. The first kappa shape index (κ1) is 18.2. The van der Waals surface area contributed by atoms with Crippen molar-refractivity contribution in [3.05, 3.63) is 94.3 Å². The summed E-state index contributed by atoms with van der Waals surface area (Å²) in [7, 11) is 0. The monoisotopic (exact) mass is 364 g/mol. The van der Waals surface area contributed by atoms with Gasteiger partial charge in [0.15, 0.2) is 0 Å². The number of nitrogens with two attached hydrogens (primary N) is 1. The Kier molecular flexibility index (Phi) is 5.23. The summed E-state index contributed by atoms with van der Waals surface area (Å²) in [4.78, 5) is 12.8. The van der Waals surface area contributed by atoms with Gasteiger partial charge in [-0.05, 0) is 30.2 Å². The Hall–Kier alpha value is -3.59. The lowest BCUT2D eigenvalue weighted by molar-refractivity contribution is -0.140. The molecule has 0 saturated carbocycles. The molecule has 0 spiro atoms. The van der Waals surface area contributed by atoms with E-state index in [-0.39, 0.29) is 29.4 Å².